The highest BCUT2D eigenvalue weighted by Crippen LogP contribution is 2.18. The van der Waals surface area contributed by atoms with E-state index in [0.29, 0.717) is 17.9 Å². The van der Waals surface area contributed by atoms with Crippen LogP contribution < -0.4 is 5.32 Å². The third kappa shape index (κ3) is 4.29. The number of amides is 1. The zero-order valence-electron chi connectivity index (χ0n) is 13.7. The standard InChI is InChI=1S/C19H17F2N3O/c1-13-12-18(24(23-13)17-9-7-16(21)8-10-17)22-19(25)11-4-14-2-5-15(20)6-3-14/h2-3,5-10,12H,4,11H2,1H3,(H,22,25). The molecular weight excluding hydrogens is 324 g/mol. The highest BCUT2D eigenvalue weighted by Gasteiger charge is 2.11. The molecule has 3 rings (SSSR count). The zero-order chi connectivity index (χ0) is 17.8. The number of rotatable bonds is 5. The first-order valence-electron chi connectivity index (χ1n) is 7.88. The average molecular weight is 341 g/mol. The quantitative estimate of drug-likeness (QED) is 0.762. The van der Waals surface area contributed by atoms with Crippen molar-refractivity contribution in [3.05, 3.63) is 77.5 Å². The normalized spacial score (nSPS) is 10.7. The van der Waals surface area contributed by atoms with E-state index in [0.717, 1.165) is 11.3 Å². The maximum atomic E-state index is 13.1. The molecule has 1 heterocycles. The van der Waals surface area contributed by atoms with Crippen LogP contribution in [-0.4, -0.2) is 15.7 Å². The van der Waals surface area contributed by atoms with E-state index in [4.69, 9.17) is 0 Å². The maximum Gasteiger partial charge on any atom is 0.225 e. The Morgan fingerprint density at radius 1 is 1.04 bits per heavy atom. The predicted octanol–water partition coefficient (Wildman–Crippen LogP) is 4.03. The maximum absolute atomic E-state index is 13.1. The van der Waals surface area contributed by atoms with Crippen molar-refractivity contribution in [3.63, 3.8) is 0 Å². The lowest BCUT2D eigenvalue weighted by atomic mass is 10.1. The van der Waals surface area contributed by atoms with Gasteiger partial charge in [0.25, 0.3) is 0 Å². The van der Waals surface area contributed by atoms with Crippen LogP contribution in [0.2, 0.25) is 0 Å². The van der Waals surface area contributed by atoms with Gasteiger partial charge in [-0.15, -0.1) is 0 Å². The molecule has 1 amide bonds. The Labute approximate surface area is 144 Å². The number of halogens is 2. The van der Waals surface area contributed by atoms with Gasteiger partial charge < -0.3 is 5.32 Å². The van der Waals surface area contributed by atoms with Crippen LogP contribution in [0, 0.1) is 18.6 Å². The van der Waals surface area contributed by atoms with Gasteiger partial charge >= 0.3 is 0 Å². The van der Waals surface area contributed by atoms with E-state index in [-0.39, 0.29) is 24.0 Å². The van der Waals surface area contributed by atoms with Crippen molar-refractivity contribution in [3.8, 4) is 5.69 Å². The molecule has 0 aliphatic carbocycles. The van der Waals surface area contributed by atoms with E-state index in [2.05, 4.69) is 10.4 Å². The lowest BCUT2D eigenvalue weighted by molar-refractivity contribution is -0.116. The van der Waals surface area contributed by atoms with Gasteiger partial charge in [-0.2, -0.15) is 5.10 Å². The Balaban J connectivity index is 1.69. The van der Waals surface area contributed by atoms with Gasteiger partial charge in [-0.05, 0) is 55.3 Å². The highest BCUT2D eigenvalue weighted by molar-refractivity contribution is 5.90. The third-order valence-corrected chi connectivity index (χ3v) is 3.72. The minimum Gasteiger partial charge on any atom is -0.311 e. The number of benzene rings is 2. The minimum absolute atomic E-state index is 0.174. The number of aromatic nitrogens is 2. The molecule has 0 bridgehead atoms. The number of anilines is 1. The molecule has 1 aromatic heterocycles. The van der Waals surface area contributed by atoms with Crippen LogP contribution in [-0.2, 0) is 11.2 Å². The van der Waals surface area contributed by atoms with Crippen molar-refractivity contribution < 1.29 is 13.6 Å². The first kappa shape index (κ1) is 16.8. The van der Waals surface area contributed by atoms with Crippen LogP contribution >= 0.6 is 0 Å². The Hall–Kier alpha value is -3.02. The second kappa shape index (κ2) is 7.25. The van der Waals surface area contributed by atoms with Crippen LogP contribution in [0.5, 0.6) is 0 Å². The predicted molar refractivity (Wildman–Crippen MR) is 91.6 cm³/mol. The molecule has 0 fully saturated rings. The molecule has 128 valence electrons. The fraction of sp³-hybridized carbons (Fsp3) is 0.158. The Kier molecular flexibility index (Phi) is 4.88. The fourth-order valence-corrected chi connectivity index (χ4v) is 2.48. The molecule has 3 aromatic rings. The summed E-state index contributed by atoms with van der Waals surface area (Å²) >= 11 is 0. The van der Waals surface area contributed by atoms with E-state index >= 15 is 0 Å². The van der Waals surface area contributed by atoms with Crippen LogP contribution in [0.1, 0.15) is 17.7 Å². The molecule has 2 aromatic carbocycles. The molecular formula is C19H17F2N3O. The van der Waals surface area contributed by atoms with Crippen molar-refractivity contribution in [1.82, 2.24) is 9.78 Å². The highest BCUT2D eigenvalue weighted by atomic mass is 19.1. The van der Waals surface area contributed by atoms with Crippen molar-refractivity contribution in [1.29, 1.82) is 0 Å². The van der Waals surface area contributed by atoms with Crippen LogP contribution in [0.25, 0.3) is 5.69 Å². The molecule has 0 saturated heterocycles. The van der Waals surface area contributed by atoms with Crippen LogP contribution in [0.3, 0.4) is 0 Å². The fourth-order valence-electron chi connectivity index (χ4n) is 2.48. The SMILES string of the molecule is Cc1cc(NC(=O)CCc2ccc(F)cc2)n(-c2ccc(F)cc2)n1. The van der Waals surface area contributed by atoms with Crippen molar-refractivity contribution in [2.24, 2.45) is 0 Å². The summed E-state index contributed by atoms with van der Waals surface area (Å²) in [6.07, 6.45) is 0.773. The molecule has 0 aliphatic rings. The lowest BCUT2D eigenvalue weighted by Gasteiger charge is -2.09. The van der Waals surface area contributed by atoms with E-state index in [1.165, 1.54) is 24.3 Å². The van der Waals surface area contributed by atoms with Gasteiger partial charge in [0, 0.05) is 12.5 Å². The van der Waals surface area contributed by atoms with Gasteiger partial charge in [0.05, 0.1) is 11.4 Å². The van der Waals surface area contributed by atoms with E-state index < -0.39 is 0 Å². The Morgan fingerprint density at radius 3 is 2.28 bits per heavy atom. The number of aryl methyl sites for hydroxylation is 2. The smallest absolute Gasteiger partial charge is 0.225 e. The average Bonchev–Trinajstić information content (AvgIpc) is 2.95. The molecule has 0 saturated carbocycles. The summed E-state index contributed by atoms with van der Waals surface area (Å²) in [4.78, 5) is 12.2. The first-order valence-corrected chi connectivity index (χ1v) is 7.88. The number of carbonyl (C=O) groups is 1. The van der Waals surface area contributed by atoms with Crippen molar-refractivity contribution >= 4 is 11.7 Å². The Bertz CT molecular complexity index is 871. The van der Waals surface area contributed by atoms with Gasteiger partial charge in [0.15, 0.2) is 0 Å². The molecule has 4 nitrogen and oxygen atoms in total. The summed E-state index contributed by atoms with van der Waals surface area (Å²) in [5.74, 6) is -0.287. The zero-order valence-corrected chi connectivity index (χ0v) is 13.7. The first-order chi connectivity index (χ1) is 12.0. The molecule has 0 unspecified atom stereocenters. The number of carbonyl (C=O) groups excluding carboxylic acids is 1. The van der Waals surface area contributed by atoms with Gasteiger partial charge in [-0.1, -0.05) is 12.1 Å². The molecule has 25 heavy (non-hydrogen) atoms. The number of nitrogens with zero attached hydrogens (tertiary/aromatic N) is 2. The summed E-state index contributed by atoms with van der Waals surface area (Å²) < 4.78 is 27.5. The summed E-state index contributed by atoms with van der Waals surface area (Å²) in [5, 5.41) is 7.15. The van der Waals surface area contributed by atoms with Gasteiger partial charge in [0.2, 0.25) is 5.91 Å². The lowest BCUT2D eigenvalue weighted by Crippen LogP contribution is -2.15. The van der Waals surface area contributed by atoms with Crippen molar-refractivity contribution in [2.45, 2.75) is 19.8 Å². The summed E-state index contributed by atoms with van der Waals surface area (Å²) in [6.45, 7) is 1.81. The van der Waals surface area contributed by atoms with Gasteiger partial charge in [-0.25, -0.2) is 13.5 Å². The molecule has 0 atom stereocenters. The Morgan fingerprint density at radius 2 is 1.64 bits per heavy atom. The summed E-state index contributed by atoms with van der Waals surface area (Å²) in [6, 6.07) is 13.7. The molecule has 0 spiro atoms. The van der Waals surface area contributed by atoms with Crippen LogP contribution in [0.15, 0.2) is 54.6 Å². The molecule has 0 radical (unpaired) electrons. The van der Waals surface area contributed by atoms with Crippen molar-refractivity contribution in [2.75, 3.05) is 5.32 Å². The van der Waals surface area contributed by atoms with E-state index in [1.807, 2.05) is 6.92 Å². The third-order valence-electron chi connectivity index (χ3n) is 3.72. The topological polar surface area (TPSA) is 46.9 Å². The summed E-state index contributed by atoms with van der Waals surface area (Å²) in [7, 11) is 0. The largest absolute Gasteiger partial charge is 0.311 e. The monoisotopic (exact) mass is 341 g/mol. The minimum atomic E-state index is -0.336. The number of nitrogens with one attached hydrogen (secondary N) is 1. The number of hydrogen-bond acceptors (Lipinski definition) is 2. The molecule has 1 N–H and O–H groups in total. The van der Waals surface area contributed by atoms with Gasteiger partial charge in [-0.3, -0.25) is 4.79 Å². The molecule has 6 heteroatoms. The van der Waals surface area contributed by atoms with Gasteiger partial charge in [0.1, 0.15) is 17.5 Å². The van der Waals surface area contributed by atoms with E-state index in [9.17, 15) is 13.6 Å². The second-order valence-corrected chi connectivity index (χ2v) is 5.73. The van der Waals surface area contributed by atoms with Crippen LogP contribution in [0.4, 0.5) is 14.6 Å². The van der Waals surface area contributed by atoms with E-state index in [1.54, 1.807) is 35.0 Å². The number of hydrogen-bond donors (Lipinski definition) is 1. The second-order valence-electron chi connectivity index (χ2n) is 5.73. The molecule has 0 aliphatic heterocycles. The summed E-state index contributed by atoms with van der Waals surface area (Å²) in [5.41, 5.74) is 2.28.